The zero-order valence-electron chi connectivity index (χ0n) is 25.1. The number of fused-ring (bicyclic) bond motifs is 2. The SMILES string of the molecule is C=CCOc1ccc2c(c1)c(=O)c(Cc1cccc(C(=O)OCC)c1)c(C(=O)OCC)n2Cc1cc2c(cc1CC)OCO2. The number of nitrogens with zero attached hydrogens (tertiary/aromatic N) is 1. The molecule has 1 aromatic heterocycles. The Balaban J connectivity index is 1.75. The summed E-state index contributed by atoms with van der Waals surface area (Å²) in [5.74, 6) is 0.713. The second kappa shape index (κ2) is 13.5. The van der Waals surface area contributed by atoms with Crippen molar-refractivity contribution in [2.75, 3.05) is 26.6 Å². The number of pyridine rings is 1. The van der Waals surface area contributed by atoms with Crippen molar-refractivity contribution < 1.29 is 33.3 Å². The highest BCUT2D eigenvalue weighted by molar-refractivity contribution is 5.94. The molecule has 2 heterocycles. The van der Waals surface area contributed by atoms with Crippen molar-refractivity contribution in [2.24, 2.45) is 0 Å². The largest absolute Gasteiger partial charge is 0.490 e. The molecule has 0 bridgehead atoms. The lowest BCUT2D eigenvalue weighted by Crippen LogP contribution is -2.26. The highest BCUT2D eigenvalue weighted by Gasteiger charge is 2.26. The molecule has 9 nitrogen and oxygen atoms in total. The highest BCUT2D eigenvalue weighted by atomic mass is 16.7. The van der Waals surface area contributed by atoms with Gasteiger partial charge in [0.15, 0.2) is 16.9 Å². The fraction of sp³-hybridized carbons (Fsp3) is 0.286. The van der Waals surface area contributed by atoms with Crippen LogP contribution in [0.4, 0.5) is 0 Å². The second-order valence-corrected chi connectivity index (χ2v) is 10.2. The number of benzene rings is 3. The molecule has 0 unspecified atom stereocenters. The maximum absolute atomic E-state index is 14.3. The average molecular weight is 598 g/mol. The highest BCUT2D eigenvalue weighted by Crippen LogP contribution is 2.36. The number of rotatable bonds is 12. The summed E-state index contributed by atoms with van der Waals surface area (Å²) < 4.78 is 29.6. The van der Waals surface area contributed by atoms with E-state index in [1.54, 1.807) is 56.3 Å². The maximum Gasteiger partial charge on any atom is 0.355 e. The van der Waals surface area contributed by atoms with Crippen molar-refractivity contribution in [1.82, 2.24) is 4.57 Å². The molecule has 0 N–H and O–H groups in total. The molecule has 0 radical (unpaired) electrons. The fourth-order valence-electron chi connectivity index (χ4n) is 5.39. The minimum atomic E-state index is -0.617. The summed E-state index contributed by atoms with van der Waals surface area (Å²) in [6.45, 7) is 10.2. The Kier molecular flexibility index (Phi) is 9.33. The van der Waals surface area contributed by atoms with Gasteiger partial charge < -0.3 is 28.3 Å². The van der Waals surface area contributed by atoms with Gasteiger partial charge in [0.25, 0.3) is 0 Å². The van der Waals surface area contributed by atoms with Crippen LogP contribution in [0.25, 0.3) is 10.9 Å². The lowest BCUT2D eigenvalue weighted by molar-refractivity contribution is 0.0507. The van der Waals surface area contributed by atoms with Crippen molar-refractivity contribution in [1.29, 1.82) is 0 Å². The summed E-state index contributed by atoms with van der Waals surface area (Å²) in [7, 11) is 0. The molecule has 0 amide bonds. The first-order chi connectivity index (χ1) is 21.4. The molecule has 44 heavy (non-hydrogen) atoms. The van der Waals surface area contributed by atoms with Crippen LogP contribution in [-0.2, 0) is 28.9 Å². The second-order valence-electron chi connectivity index (χ2n) is 10.2. The summed E-state index contributed by atoms with van der Waals surface area (Å²) in [4.78, 5) is 40.5. The van der Waals surface area contributed by atoms with E-state index in [9.17, 15) is 14.4 Å². The Morgan fingerprint density at radius 2 is 1.66 bits per heavy atom. The van der Waals surface area contributed by atoms with Crippen LogP contribution < -0.4 is 19.6 Å². The van der Waals surface area contributed by atoms with Crippen LogP contribution in [0.2, 0.25) is 0 Å². The van der Waals surface area contributed by atoms with Gasteiger partial charge in [0, 0.05) is 23.9 Å². The molecule has 0 atom stereocenters. The number of esters is 2. The number of carbonyl (C=O) groups is 2. The summed E-state index contributed by atoms with van der Waals surface area (Å²) >= 11 is 0. The van der Waals surface area contributed by atoms with E-state index in [4.69, 9.17) is 23.7 Å². The summed E-state index contributed by atoms with van der Waals surface area (Å²) in [5.41, 5.74) is 3.57. The Hall–Kier alpha value is -5.05. The number of aromatic nitrogens is 1. The molecule has 228 valence electrons. The van der Waals surface area contributed by atoms with Gasteiger partial charge in [-0.25, -0.2) is 9.59 Å². The summed E-state index contributed by atoms with van der Waals surface area (Å²) in [6.07, 6.45) is 2.42. The third-order valence-corrected chi connectivity index (χ3v) is 7.39. The van der Waals surface area contributed by atoms with Gasteiger partial charge in [0.1, 0.15) is 18.1 Å². The molecule has 1 aliphatic heterocycles. The lowest BCUT2D eigenvalue weighted by atomic mass is 9.97. The van der Waals surface area contributed by atoms with Crippen LogP contribution in [0.15, 0.2) is 72.0 Å². The van der Waals surface area contributed by atoms with E-state index < -0.39 is 11.9 Å². The molecule has 9 heteroatoms. The van der Waals surface area contributed by atoms with Crippen LogP contribution in [0.1, 0.15) is 63.9 Å². The van der Waals surface area contributed by atoms with E-state index in [1.165, 1.54) is 0 Å². The maximum atomic E-state index is 14.3. The normalized spacial score (nSPS) is 11.8. The smallest absolute Gasteiger partial charge is 0.355 e. The minimum absolute atomic E-state index is 0.0790. The summed E-state index contributed by atoms with van der Waals surface area (Å²) in [5, 5.41) is 0.384. The zero-order valence-corrected chi connectivity index (χ0v) is 25.1. The van der Waals surface area contributed by atoms with E-state index in [1.807, 2.05) is 29.7 Å². The molecule has 0 fully saturated rings. The van der Waals surface area contributed by atoms with Crippen molar-refractivity contribution in [2.45, 2.75) is 40.2 Å². The molecular formula is C35H35NO8. The molecule has 0 aliphatic carbocycles. The molecule has 0 spiro atoms. The van der Waals surface area contributed by atoms with Crippen LogP contribution >= 0.6 is 0 Å². The Labute approximate surface area is 255 Å². The van der Waals surface area contributed by atoms with Crippen LogP contribution in [0.3, 0.4) is 0 Å². The third kappa shape index (κ3) is 6.17. The van der Waals surface area contributed by atoms with Gasteiger partial charge in [0.05, 0.1) is 24.3 Å². The molecule has 0 saturated heterocycles. The van der Waals surface area contributed by atoms with Gasteiger partial charge in [0.2, 0.25) is 6.79 Å². The quantitative estimate of drug-likeness (QED) is 0.148. The van der Waals surface area contributed by atoms with Crippen LogP contribution in [-0.4, -0.2) is 43.1 Å². The summed E-state index contributed by atoms with van der Waals surface area (Å²) in [6, 6.07) is 16.0. The number of carbonyl (C=O) groups excluding carboxylic acids is 2. The Morgan fingerprint density at radius 3 is 2.36 bits per heavy atom. The van der Waals surface area contributed by atoms with E-state index >= 15 is 0 Å². The predicted octanol–water partition coefficient (Wildman–Crippen LogP) is 5.85. The van der Waals surface area contributed by atoms with Crippen molar-refractivity contribution in [3.05, 3.63) is 111 Å². The van der Waals surface area contributed by atoms with Crippen molar-refractivity contribution in [3.8, 4) is 17.2 Å². The van der Waals surface area contributed by atoms with Gasteiger partial charge in [-0.15, -0.1) is 0 Å². The first kappa shape index (κ1) is 30.4. The number of hydrogen-bond acceptors (Lipinski definition) is 8. The molecule has 3 aromatic carbocycles. The standard InChI is InChI=1S/C35H35NO8/c1-5-14-42-26-12-13-29-27(19-26)33(37)28(16-22-10-9-11-24(15-22)34(38)40-7-3)32(35(39)41-8-4)36(29)20-25-18-31-30(43-21-44-31)17-23(25)6-2/h5,9-13,15,17-19H,1,6-8,14,16,20-21H2,2-4H3. The number of hydrogen-bond donors (Lipinski definition) is 0. The average Bonchev–Trinajstić information content (AvgIpc) is 3.49. The molecule has 0 saturated carbocycles. The van der Waals surface area contributed by atoms with Gasteiger partial charge in [-0.1, -0.05) is 31.7 Å². The molecule has 1 aliphatic rings. The van der Waals surface area contributed by atoms with Gasteiger partial charge in [-0.05, 0) is 79.4 Å². The topological polar surface area (TPSA) is 102 Å². The lowest BCUT2D eigenvalue weighted by Gasteiger charge is -2.21. The predicted molar refractivity (Wildman–Crippen MR) is 166 cm³/mol. The molecule has 5 rings (SSSR count). The first-order valence-corrected chi connectivity index (χ1v) is 14.7. The van der Waals surface area contributed by atoms with Crippen molar-refractivity contribution in [3.63, 3.8) is 0 Å². The van der Waals surface area contributed by atoms with Crippen LogP contribution in [0.5, 0.6) is 17.2 Å². The minimum Gasteiger partial charge on any atom is -0.490 e. The molecular weight excluding hydrogens is 562 g/mol. The number of aryl methyl sites for hydroxylation is 1. The fourth-order valence-corrected chi connectivity index (χ4v) is 5.39. The van der Waals surface area contributed by atoms with Crippen molar-refractivity contribution >= 4 is 22.8 Å². The Morgan fingerprint density at radius 1 is 0.932 bits per heavy atom. The zero-order chi connectivity index (χ0) is 31.2. The third-order valence-electron chi connectivity index (χ3n) is 7.39. The van der Waals surface area contributed by atoms with Crippen LogP contribution in [0, 0.1) is 0 Å². The van der Waals surface area contributed by atoms with E-state index in [-0.39, 0.29) is 56.3 Å². The van der Waals surface area contributed by atoms with Gasteiger partial charge in [-0.2, -0.15) is 0 Å². The monoisotopic (exact) mass is 597 g/mol. The molecule has 4 aromatic rings. The van der Waals surface area contributed by atoms with Gasteiger partial charge >= 0.3 is 11.9 Å². The van der Waals surface area contributed by atoms with Gasteiger partial charge in [-0.3, -0.25) is 4.79 Å². The van der Waals surface area contributed by atoms with E-state index in [0.29, 0.717) is 45.7 Å². The Bertz CT molecular complexity index is 1790. The number of ether oxygens (including phenoxy) is 5. The van der Waals surface area contributed by atoms with E-state index in [2.05, 4.69) is 6.58 Å². The first-order valence-electron chi connectivity index (χ1n) is 14.7. The van der Waals surface area contributed by atoms with E-state index in [0.717, 1.165) is 11.1 Å².